The van der Waals surface area contributed by atoms with Crippen LogP contribution in [-0.4, -0.2) is 24.0 Å². The second-order valence-corrected chi connectivity index (χ2v) is 2.68. The molecule has 0 aliphatic heterocycles. The highest BCUT2D eigenvalue weighted by Crippen LogP contribution is 2.00. The minimum absolute atomic E-state index is 0.111. The molecule has 0 aliphatic carbocycles. The van der Waals surface area contributed by atoms with Gasteiger partial charge in [-0.1, -0.05) is 0 Å². The summed E-state index contributed by atoms with van der Waals surface area (Å²) < 4.78 is 5.28. The van der Waals surface area contributed by atoms with Crippen molar-refractivity contribution in [3.05, 3.63) is 0 Å². The molecule has 2 unspecified atom stereocenters. The number of hydrogen-bond acceptors (Lipinski definition) is 1. The van der Waals surface area contributed by atoms with Crippen molar-refractivity contribution in [2.45, 2.75) is 26.1 Å². The molecule has 0 N–H and O–H groups in total. The zero-order valence-electron chi connectivity index (χ0n) is 5.73. The van der Waals surface area contributed by atoms with Gasteiger partial charge in [0.25, 0.3) is 0 Å². The van der Waals surface area contributed by atoms with Gasteiger partial charge in [-0.15, -0.1) is 23.2 Å². The van der Waals surface area contributed by atoms with Crippen molar-refractivity contribution in [2.75, 3.05) is 11.8 Å². The van der Waals surface area contributed by atoms with Gasteiger partial charge in [-0.2, -0.15) is 0 Å². The van der Waals surface area contributed by atoms with Gasteiger partial charge in [-0.3, -0.25) is 0 Å². The highest BCUT2D eigenvalue weighted by atomic mass is 35.5. The van der Waals surface area contributed by atoms with E-state index >= 15 is 0 Å². The van der Waals surface area contributed by atoms with Crippen molar-refractivity contribution < 1.29 is 4.74 Å². The van der Waals surface area contributed by atoms with Gasteiger partial charge in [0.2, 0.25) is 0 Å². The molecule has 3 heteroatoms. The van der Waals surface area contributed by atoms with E-state index < -0.39 is 0 Å². The lowest BCUT2D eigenvalue weighted by atomic mass is 10.4. The fraction of sp³-hybridized carbons (Fsp3) is 1.00. The molecule has 0 heterocycles. The summed E-state index contributed by atoms with van der Waals surface area (Å²) in [4.78, 5) is 0. The lowest BCUT2D eigenvalue weighted by Crippen LogP contribution is -2.19. The molecule has 0 rings (SSSR count). The average Bonchev–Trinajstić information content (AvgIpc) is 1.87. The summed E-state index contributed by atoms with van der Waals surface area (Å²) in [5, 5.41) is 0. The van der Waals surface area contributed by atoms with Gasteiger partial charge < -0.3 is 4.74 Å². The standard InChI is InChI=1S/C6H12Cl2O/c1-5(3-7)9-6(2)4-8/h5-6H,3-4H2,1-2H3. The van der Waals surface area contributed by atoms with E-state index in [0.717, 1.165) is 0 Å². The molecule has 0 aliphatic rings. The minimum atomic E-state index is 0.111. The number of ether oxygens (including phenoxy) is 1. The van der Waals surface area contributed by atoms with Crippen molar-refractivity contribution >= 4 is 23.2 Å². The maximum Gasteiger partial charge on any atom is 0.0686 e. The number of hydrogen-bond donors (Lipinski definition) is 0. The first-order chi connectivity index (χ1) is 4.20. The molecule has 0 amide bonds. The Morgan fingerprint density at radius 1 is 1.11 bits per heavy atom. The van der Waals surface area contributed by atoms with E-state index in [9.17, 15) is 0 Å². The van der Waals surface area contributed by atoms with Crippen molar-refractivity contribution in [3.8, 4) is 0 Å². The van der Waals surface area contributed by atoms with E-state index in [1.807, 2.05) is 13.8 Å². The lowest BCUT2D eigenvalue weighted by molar-refractivity contribution is 0.0339. The van der Waals surface area contributed by atoms with Gasteiger partial charge in [-0.25, -0.2) is 0 Å². The van der Waals surface area contributed by atoms with Crippen molar-refractivity contribution in [3.63, 3.8) is 0 Å². The first-order valence-corrected chi connectivity index (χ1v) is 4.05. The zero-order chi connectivity index (χ0) is 7.28. The molecule has 0 aromatic carbocycles. The molecule has 0 spiro atoms. The Bertz CT molecular complexity index is 60.1. The highest BCUT2D eigenvalue weighted by molar-refractivity contribution is 6.18. The fourth-order valence-corrected chi connectivity index (χ4v) is 0.615. The molecule has 0 aromatic heterocycles. The summed E-state index contributed by atoms with van der Waals surface area (Å²) >= 11 is 11.0. The Kier molecular flexibility index (Phi) is 5.65. The largest absolute Gasteiger partial charge is 0.373 e. The van der Waals surface area contributed by atoms with Gasteiger partial charge in [0.05, 0.1) is 12.2 Å². The topological polar surface area (TPSA) is 9.23 Å². The number of halogens is 2. The van der Waals surface area contributed by atoms with E-state index in [1.54, 1.807) is 0 Å². The maximum absolute atomic E-state index is 5.48. The molecule has 0 aromatic rings. The van der Waals surface area contributed by atoms with Crippen LogP contribution < -0.4 is 0 Å². The molecule has 2 atom stereocenters. The summed E-state index contributed by atoms with van der Waals surface area (Å²) in [5.74, 6) is 1.06. The van der Waals surface area contributed by atoms with E-state index in [2.05, 4.69) is 0 Å². The summed E-state index contributed by atoms with van der Waals surface area (Å²) in [6, 6.07) is 0. The predicted molar refractivity (Wildman–Crippen MR) is 41.4 cm³/mol. The molecule has 0 saturated heterocycles. The third-order valence-corrected chi connectivity index (χ3v) is 1.77. The third-order valence-electron chi connectivity index (χ3n) is 0.899. The first-order valence-electron chi connectivity index (χ1n) is 2.98. The second-order valence-electron chi connectivity index (χ2n) is 2.07. The van der Waals surface area contributed by atoms with Crippen LogP contribution in [0.2, 0.25) is 0 Å². The van der Waals surface area contributed by atoms with Gasteiger partial charge in [-0.05, 0) is 13.8 Å². The molecule has 9 heavy (non-hydrogen) atoms. The summed E-state index contributed by atoms with van der Waals surface area (Å²) in [7, 11) is 0. The van der Waals surface area contributed by atoms with Crippen LogP contribution in [0.5, 0.6) is 0 Å². The quantitative estimate of drug-likeness (QED) is 0.589. The van der Waals surface area contributed by atoms with Crippen LogP contribution in [0.4, 0.5) is 0 Å². The summed E-state index contributed by atoms with van der Waals surface area (Å²) in [6.45, 7) is 3.85. The van der Waals surface area contributed by atoms with E-state index in [0.29, 0.717) is 11.8 Å². The van der Waals surface area contributed by atoms with Crippen LogP contribution in [0.25, 0.3) is 0 Å². The van der Waals surface area contributed by atoms with Crippen molar-refractivity contribution in [1.82, 2.24) is 0 Å². The number of alkyl halides is 2. The Morgan fingerprint density at radius 2 is 1.44 bits per heavy atom. The highest BCUT2D eigenvalue weighted by Gasteiger charge is 2.04. The van der Waals surface area contributed by atoms with E-state index in [1.165, 1.54) is 0 Å². The second kappa shape index (κ2) is 5.33. The Hall–Kier alpha value is 0.540. The van der Waals surface area contributed by atoms with Crippen LogP contribution in [0.3, 0.4) is 0 Å². The molecule has 0 saturated carbocycles. The fourth-order valence-electron chi connectivity index (χ4n) is 0.469. The van der Waals surface area contributed by atoms with Crippen LogP contribution in [-0.2, 0) is 4.74 Å². The molecular weight excluding hydrogens is 159 g/mol. The molecular formula is C6H12Cl2O. The Morgan fingerprint density at radius 3 is 1.67 bits per heavy atom. The summed E-state index contributed by atoms with van der Waals surface area (Å²) in [6.07, 6.45) is 0.223. The lowest BCUT2D eigenvalue weighted by Gasteiger charge is -2.13. The first kappa shape index (κ1) is 9.54. The monoisotopic (exact) mass is 170 g/mol. The van der Waals surface area contributed by atoms with Crippen molar-refractivity contribution in [2.24, 2.45) is 0 Å². The Balaban J connectivity index is 3.22. The van der Waals surface area contributed by atoms with Gasteiger partial charge in [0.15, 0.2) is 0 Å². The molecule has 56 valence electrons. The molecule has 0 bridgehead atoms. The smallest absolute Gasteiger partial charge is 0.0686 e. The van der Waals surface area contributed by atoms with Crippen LogP contribution in [0.1, 0.15) is 13.8 Å². The van der Waals surface area contributed by atoms with Crippen LogP contribution >= 0.6 is 23.2 Å². The normalized spacial score (nSPS) is 17.3. The minimum Gasteiger partial charge on any atom is -0.373 e. The van der Waals surface area contributed by atoms with E-state index in [4.69, 9.17) is 27.9 Å². The molecule has 0 fully saturated rings. The maximum atomic E-state index is 5.48. The van der Waals surface area contributed by atoms with Crippen molar-refractivity contribution in [1.29, 1.82) is 0 Å². The summed E-state index contributed by atoms with van der Waals surface area (Å²) in [5.41, 5.74) is 0. The zero-order valence-corrected chi connectivity index (χ0v) is 7.24. The Labute approximate surface area is 66.3 Å². The van der Waals surface area contributed by atoms with Gasteiger partial charge in [0.1, 0.15) is 0 Å². The van der Waals surface area contributed by atoms with Crippen LogP contribution in [0.15, 0.2) is 0 Å². The number of rotatable bonds is 4. The van der Waals surface area contributed by atoms with Crippen LogP contribution in [0, 0.1) is 0 Å². The predicted octanol–water partition coefficient (Wildman–Crippen LogP) is 2.26. The third kappa shape index (κ3) is 5.01. The van der Waals surface area contributed by atoms with Gasteiger partial charge >= 0.3 is 0 Å². The van der Waals surface area contributed by atoms with Gasteiger partial charge in [0, 0.05) is 11.8 Å². The SMILES string of the molecule is CC(CCl)OC(C)CCl. The molecule has 1 nitrogen and oxygen atoms in total. The van der Waals surface area contributed by atoms with E-state index in [-0.39, 0.29) is 12.2 Å². The average molecular weight is 171 g/mol. The molecule has 0 radical (unpaired) electrons.